The molecule has 1 amide bonds. The van der Waals surface area contributed by atoms with Crippen LogP contribution in [-0.4, -0.2) is 59.1 Å². The van der Waals surface area contributed by atoms with E-state index in [9.17, 15) is 9.90 Å². The molecule has 1 atom stereocenters. The number of hydrogen-bond donors (Lipinski definition) is 1. The third kappa shape index (κ3) is 5.08. The van der Waals surface area contributed by atoms with Gasteiger partial charge in [-0.1, -0.05) is 56.0 Å². The first-order valence-corrected chi connectivity index (χ1v) is 11.2. The average molecular weight is 407 g/mol. The molecule has 5 heteroatoms. The summed E-state index contributed by atoms with van der Waals surface area (Å²) in [6.45, 7) is 4.50. The van der Waals surface area contributed by atoms with E-state index in [1.165, 1.54) is 24.8 Å². The molecule has 1 N–H and O–H groups in total. The van der Waals surface area contributed by atoms with Crippen molar-refractivity contribution in [1.82, 2.24) is 9.80 Å². The maximum Gasteiger partial charge on any atom is 0.228 e. The molecule has 0 radical (unpaired) electrons. The molecule has 1 heterocycles. The number of halogens is 1. The lowest BCUT2D eigenvalue weighted by Gasteiger charge is -2.43. The lowest BCUT2D eigenvalue weighted by molar-refractivity contribution is -0.149. The van der Waals surface area contributed by atoms with E-state index in [0.717, 1.165) is 43.9 Å². The highest BCUT2D eigenvalue weighted by atomic mass is 35.5. The first-order chi connectivity index (χ1) is 13.4. The summed E-state index contributed by atoms with van der Waals surface area (Å²) in [4.78, 5) is 17.3. The van der Waals surface area contributed by atoms with Crippen molar-refractivity contribution in [2.24, 2.45) is 5.92 Å². The third-order valence-corrected chi connectivity index (χ3v) is 7.39. The van der Waals surface area contributed by atoms with Gasteiger partial charge in [0.2, 0.25) is 5.91 Å². The highest BCUT2D eigenvalue weighted by Crippen LogP contribution is 2.33. The fourth-order valence-corrected chi connectivity index (χ4v) is 4.99. The molecule has 1 aromatic rings. The number of amides is 1. The van der Waals surface area contributed by atoms with Gasteiger partial charge < -0.3 is 14.9 Å². The van der Waals surface area contributed by atoms with Gasteiger partial charge in [-0.3, -0.25) is 4.79 Å². The molecule has 0 bridgehead atoms. The Labute approximate surface area is 174 Å². The zero-order valence-electron chi connectivity index (χ0n) is 17.4. The lowest BCUT2D eigenvalue weighted by Crippen LogP contribution is -2.54. The van der Waals surface area contributed by atoms with Crippen LogP contribution in [0.5, 0.6) is 0 Å². The van der Waals surface area contributed by atoms with E-state index in [2.05, 4.69) is 11.0 Å². The third-order valence-electron chi connectivity index (χ3n) is 7.02. The largest absolute Gasteiger partial charge is 0.389 e. The average Bonchev–Trinajstić information content (AvgIpc) is 2.73. The fourth-order valence-electron chi connectivity index (χ4n) is 4.76. The number of aliphatic hydroxyl groups is 1. The molecule has 0 aromatic heterocycles. The Morgan fingerprint density at radius 2 is 1.89 bits per heavy atom. The van der Waals surface area contributed by atoms with Crippen LogP contribution in [0, 0.1) is 5.92 Å². The van der Waals surface area contributed by atoms with Gasteiger partial charge in [0.25, 0.3) is 0 Å². The van der Waals surface area contributed by atoms with Gasteiger partial charge in [-0.15, -0.1) is 0 Å². The summed E-state index contributed by atoms with van der Waals surface area (Å²) in [6, 6.07) is 8.33. The number of carbonyl (C=O) groups is 1. The summed E-state index contributed by atoms with van der Waals surface area (Å²) in [7, 11) is 1.93. The zero-order valence-corrected chi connectivity index (χ0v) is 18.1. The molecule has 1 aliphatic heterocycles. The zero-order chi connectivity index (χ0) is 20.1. The van der Waals surface area contributed by atoms with Crippen molar-refractivity contribution < 1.29 is 9.90 Å². The fraction of sp³-hybridized carbons (Fsp3) is 0.696. The minimum Gasteiger partial charge on any atom is -0.389 e. The Hall–Kier alpha value is -1.10. The normalized spacial score (nSPS) is 22.0. The predicted octanol–water partition coefficient (Wildman–Crippen LogP) is 4.14. The minimum absolute atomic E-state index is 0.110. The van der Waals surface area contributed by atoms with Gasteiger partial charge in [0.15, 0.2) is 0 Å². The molecule has 1 saturated carbocycles. The molecule has 1 unspecified atom stereocenters. The number of nitrogens with zero attached hydrogens (tertiary/aromatic N) is 2. The number of rotatable bonds is 6. The number of hydrogen-bond acceptors (Lipinski definition) is 3. The lowest BCUT2D eigenvalue weighted by atomic mass is 9.79. The molecule has 1 aromatic carbocycles. The minimum atomic E-state index is -0.888. The molecule has 1 saturated heterocycles. The number of likely N-dealkylation sites (tertiary alicyclic amines) is 1. The first kappa shape index (κ1) is 21.6. The van der Waals surface area contributed by atoms with Crippen LogP contribution in [0.4, 0.5) is 0 Å². The number of benzene rings is 1. The summed E-state index contributed by atoms with van der Waals surface area (Å²) in [6.07, 6.45) is 8.12. The van der Waals surface area contributed by atoms with Crippen LogP contribution in [0.25, 0.3) is 0 Å². The van der Waals surface area contributed by atoms with Crippen LogP contribution in [0.15, 0.2) is 24.3 Å². The first-order valence-electron chi connectivity index (χ1n) is 10.9. The van der Waals surface area contributed by atoms with Crippen LogP contribution >= 0.6 is 11.6 Å². The van der Waals surface area contributed by atoms with Crippen molar-refractivity contribution in [3.8, 4) is 0 Å². The maximum absolute atomic E-state index is 13.0. The summed E-state index contributed by atoms with van der Waals surface area (Å²) < 4.78 is 0. The van der Waals surface area contributed by atoms with Gasteiger partial charge >= 0.3 is 0 Å². The predicted molar refractivity (Wildman–Crippen MR) is 115 cm³/mol. The van der Waals surface area contributed by atoms with Crippen molar-refractivity contribution in [2.45, 2.75) is 69.9 Å². The van der Waals surface area contributed by atoms with E-state index < -0.39 is 5.60 Å². The number of carbonyl (C=O) groups excluding carboxylic acids is 1. The van der Waals surface area contributed by atoms with Crippen LogP contribution < -0.4 is 0 Å². The van der Waals surface area contributed by atoms with E-state index in [-0.39, 0.29) is 11.8 Å². The number of piperidine rings is 1. The van der Waals surface area contributed by atoms with E-state index in [1.54, 1.807) is 0 Å². The van der Waals surface area contributed by atoms with Gasteiger partial charge in [-0.25, -0.2) is 0 Å². The Balaban J connectivity index is 1.50. The Morgan fingerprint density at radius 3 is 2.54 bits per heavy atom. The maximum atomic E-state index is 13.0. The SMILES string of the molecule is CC(C(=O)N(C)C1CCCCC1)C1(O)CCN(CCc2ccccc2Cl)CC1. The Kier molecular flexibility index (Phi) is 7.41. The Bertz CT molecular complexity index is 652. The van der Waals surface area contributed by atoms with Gasteiger partial charge in [0.1, 0.15) is 0 Å². The van der Waals surface area contributed by atoms with E-state index in [4.69, 9.17) is 11.6 Å². The van der Waals surface area contributed by atoms with Crippen LogP contribution in [0.3, 0.4) is 0 Å². The van der Waals surface area contributed by atoms with E-state index >= 15 is 0 Å². The quantitative estimate of drug-likeness (QED) is 0.772. The smallest absolute Gasteiger partial charge is 0.228 e. The van der Waals surface area contributed by atoms with Crippen molar-refractivity contribution >= 4 is 17.5 Å². The summed E-state index contributed by atoms with van der Waals surface area (Å²) in [5.74, 6) is -0.232. The summed E-state index contributed by atoms with van der Waals surface area (Å²) >= 11 is 6.26. The molecule has 2 aliphatic rings. The standard InChI is InChI=1S/C23H35ClN2O2/c1-18(22(27)25(2)20-9-4-3-5-10-20)23(28)13-16-26(17-14-23)15-12-19-8-6-7-11-21(19)24/h6-8,11,18,20,28H,3-5,9-10,12-17H2,1-2H3. The summed E-state index contributed by atoms with van der Waals surface area (Å²) in [5, 5.41) is 12.0. The van der Waals surface area contributed by atoms with Crippen LogP contribution in [-0.2, 0) is 11.2 Å². The van der Waals surface area contributed by atoms with E-state index in [0.29, 0.717) is 18.9 Å². The van der Waals surface area contributed by atoms with Gasteiger partial charge in [-0.2, -0.15) is 0 Å². The van der Waals surface area contributed by atoms with Gasteiger partial charge in [0, 0.05) is 37.7 Å². The molecular weight excluding hydrogens is 372 g/mol. The van der Waals surface area contributed by atoms with E-state index in [1.807, 2.05) is 37.1 Å². The van der Waals surface area contributed by atoms with Crippen molar-refractivity contribution in [2.75, 3.05) is 26.7 Å². The molecule has 3 rings (SSSR count). The summed E-state index contributed by atoms with van der Waals surface area (Å²) in [5.41, 5.74) is 0.281. The second-order valence-corrected chi connectivity index (χ2v) is 9.16. The molecular formula is C23H35ClN2O2. The Morgan fingerprint density at radius 1 is 1.25 bits per heavy atom. The highest BCUT2D eigenvalue weighted by molar-refractivity contribution is 6.31. The molecule has 2 fully saturated rings. The van der Waals surface area contributed by atoms with Crippen molar-refractivity contribution in [1.29, 1.82) is 0 Å². The highest BCUT2D eigenvalue weighted by Gasteiger charge is 2.42. The van der Waals surface area contributed by atoms with Crippen LogP contribution in [0.1, 0.15) is 57.4 Å². The second-order valence-electron chi connectivity index (χ2n) is 8.75. The van der Waals surface area contributed by atoms with Crippen LogP contribution in [0.2, 0.25) is 5.02 Å². The monoisotopic (exact) mass is 406 g/mol. The molecule has 1 aliphatic carbocycles. The van der Waals surface area contributed by atoms with Crippen molar-refractivity contribution in [3.05, 3.63) is 34.9 Å². The second kappa shape index (κ2) is 9.60. The molecule has 0 spiro atoms. The van der Waals surface area contributed by atoms with Gasteiger partial charge in [0.05, 0.1) is 11.5 Å². The molecule has 156 valence electrons. The molecule has 28 heavy (non-hydrogen) atoms. The molecule has 4 nitrogen and oxygen atoms in total. The van der Waals surface area contributed by atoms with Gasteiger partial charge in [-0.05, 0) is 43.7 Å². The topological polar surface area (TPSA) is 43.8 Å². The van der Waals surface area contributed by atoms with Crippen molar-refractivity contribution in [3.63, 3.8) is 0 Å².